The Kier molecular flexibility index (Phi) is 8.11. The number of para-hydroxylation sites is 1. The van der Waals surface area contributed by atoms with Gasteiger partial charge in [0.25, 0.3) is 0 Å². The van der Waals surface area contributed by atoms with Crippen molar-refractivity contribution in [2.24, 2.45) is 0 Å². The summed E-state index contributed by atoms with van der Waals surface area (Å²) in [5, 5.41) is 9.20. The van der Waals surface area contributed by atoms with E-state index in [4.69, 9.17) is 14.2 Å². The Morgan fingerprint density at radius 3 is 2.57 bits per heavy atom. The third kappa shape index (κ3) is 6.17. The minimum atomic E-state index is -0.644. The van der Waals surface area contributed by atoms with Crippen LogP contribution in [0.15, 0.2) is 48.0 Å². The number of carbonyl (C=O) groups is 1. The molecule has 2 aromatic carbocycles. The Hall–Kier alpha value is -3.26. The average molecular weight is 379 g/mol. The molecular formula is C23H25NO4. The molecule has 0 fully saturated rings. The normalized spacial score (nSPS) is 10.9. The first-order valence-electron chi connectivity index (χ1n) is 9.31. The van der Waals surface area contributed by atoms with Gasteiger partial charge in [0.1, 0.15) is 36.4 Å². The molecule has 2 rings (SSSR count). The van der Waals surface area contributed by atoms with Gasteiger partial charge in [0.05, 0.1) is 6.61 Å². The van der Waals surface area contributed by atoms with Crippen molar-refractivity contribution in [3.8, 4) is 17.6 Å². The molecule has 0 N–H and O–H groups in total. The van der Waals surface area contributed by atoms with Crippen molar-refractivity contribution in [3.05, 3.63) is 64.7 Å². The molecule has 0 spiro atoms. The molecule has 0 bridgehead atoms. The Bertz CT molecular complexity index is 880. The summed E-state index contributed by atoms with van der Waals surface area (Å²) in [5.74, 6) is 0.749. The lowest BCUT2D eigenvalue weighted by Gasteiger charge is -2.12. The van der Waals surface area contributed by atoms with Gasteiger partial charge < -0.3 is 14.2 Å². The number of nitriles is 1. The van der Waals surface area contributed by atoms with Crippen molar-refractivity contribution in [2.45, 2.75) is 27.2 Å². The largest absolute Gasteiger partial charge is 0.490 e. The SMILES string of the molecule is CCOC(=O)/C(C#N)=C/c1ccccc1OCCOc1cc(C)cc(CC)c1. The van der Waals surface area contributed by atoms with E-state index in [0.717, 1.165) is 17.7 Å². The van der Waals surface area contributed by atoms with E-state index in [2.05, 4.69) is 13.0 Å². The van der Waals surface area contributed by atoms with Crippen LogP contribution in [0.5, 0.6) is 11.5 Å². The molecule has 2 aromatic rings. The van der Waals surface area contributed by atoms with Crippen LogP contribution in [0.4, 0.5) is 0 Å². The lowest BCUT2D eigenvalue weighted by molar-refractivity contribution is -0.137. The van der Waals surface area contributed by atoms with E-state index in [1.54, 1.807) is 19.1 Å². The molecule has 0 saturated heterocycles. The fraction of sp³-hybridized carbons (Fsp3) is 0.304. The highest BCUT2D eigenvalue weighted by Gasteiger charge is 2.11. The van der Waals surface area contributed by atoms with E-state index in [1.165, 1.54) is 11.6 Å². The number of aryl methyl sites for hydroxylation is 2. The highest BCUT2D eigenvalue weighted by molar-refractivity contribution is 5.98. The lowest BCUT2D eigenvalue weighted by Crippen LogP contribution is -2.10. The molecule has 5 nitrogen and oxygen atoms in total. The number of benzene rings is 2. The van der Waals surface area contributed by atoms with E-state index in [-0.39, 0.29) is 12.2 Å². The van der Waals surface area contributed by atoms with Gasteiger partial charge >= 0.3 is 5.97 Å². The van der Waals surface area contributed by atoms with Crippen LogP contribution in [0.1, 0.15) is 30.5 Å². The molecule has 0 atom stereocenters. The number of nitrogens with zero attached hydrogens (tertiary/aromatic N) is 1. The number of ether oxygens (including phenoxy) is 3. The van der Waals surface area contributed by atoms with Crippen LogP contribution in [0, 0.1) is 18.3 Å². The van der Waals surface area contributed by atoms with Gasteiger partial charge in [-0.3, -0.25) is 0 Å². The zero-order valence-electron chi connectivity index (χ0n) is 16.5. The number of rotatable bonds is 9. The Labute approximate surface area is 166 Å². The zero-order valence-corrected chi connectivity index (χ0v) is 16.5. The van der Waals surface area contributed by atoms with Gasteiger partial charge in [0.2, 0.25) is 0 Å². The zero-order chi connectivity index (χ0) is 20.4. The van der Waals surface area contributed by atoms with Gasteiger partial charge in [-0.1, -0.05) is 31.2 Å². The molecule has 146 valence electrons. The minimum absolute atomic E-state index is 0.0685. The first-order chi connectivity index (χ1) is 13.6. The predicted octanol–water partition coefficient (Wildman–Crippen LogP) is 4.49. The summed E-state index contributed by atoms with van der Waals surface area (Å²) in [5.41, 5.74) is 2.96. The van der Waals surface area contributed by atoms with Gasteiger partial charge in [-0.15, -0.1) is 0 Å². The first-order valence-corrected chi connectivity index (χ1v) is 9.31. The molecular weight excluding hydrogens is 354 g/mol. The Morgan fingerprint density at radius 2 is 1.86 bits per heavy atom. The monoisotopic (exact) mass is 379 g/mol. The van der Waals surface area contributed by atoms with Crippen LogP contribution in [-0.2, 0) is 16.0 Å². The van der Waals surface area contributed by atoms with Crippen LogP contribution >= 0.6 is 0 Å². The van der Waals surface area contributed by atoms with Gasteiger partial charge in [-0.2, -0.15) is 5.26 Å². The van der Waals surface area contributed by atoms with Crippen molar-refractivity contribution < 1.29 is 19.0 Å². The first kappa shape index (κ1) is 21.0. The van der Waals surface area contributed by atoms with Crippen molar-refractivity contribution >= 4 is 12.0 Å². The van der Waals surface area contributed by atoms with Crippen LogP contribution in [0.2, 0.25) is 0 Å². The summed E-state index contributed by atoms with van der Waals surface area (Å²) in [6.45, 7) is 6.78. The standard InChI is InChI=1S/C23H25NO4/c1-4-18-12-17(3)13-21(14-18)27-10-11-28-22-9-7-6-8-19(22)15-20(16-24)23(25)26-5-2/h6-9,12-15H,4-5,10-11H2,1-3H3/b20-15+. The maximum Gasteiger partial charge on any atom is 0.348 e. The van der Waals surface area contributed by atoms with Crippen molar-refractivity contribution in [1.29, 1.82) is 5.26 Å². The predicted molar refractivity (Wildman–Crippen MR) is 108 cm³/mol. The van der Waals surface area contributed by atoms with Gasteiger partial charge in [-0.05, 0) is 55.7 Å². The van der Waals surface area contributed by atoms with Crippen molar-refractivity contribution in [2.75, 3.05) is 19.8 Å². The molecule has 0 unspecified atom stereocenters. The summed E-state index contributed by atoms with van der Waals surface area (Å²) in [7, 11) is 0. The summed E-state index contributed by atoms with van der Waals surface area (Å²) < 4.78 is 16.5. The van der Waals surface area contributed by atoms with E-state index >= 15 is 0 Å². The van der Waals surface area contributed by atoms with Crippen LogP contribution in [0.3, 0.4) is 0 Å². The third-order valence-corrected chi connectivity index (χ3v) is 3.96. The molecule has 5 heteroatoms. The average Bonchev–Trinajstić information content (AvgIpc) is 2.70. The number of hydrogen-bond acceptors (Lipinski definition) is 5. The van der Waals surface area contributed by atoms with Gasteiger partial charge in [0.15, 0.2) is 0 Å². The maximum atomic E-state index is 11.8. The minimum Gasteiger partial charge on any atom is -0.490 e. The lowest BCUT2D eigenvalue weighted by atomic mass is 10.1. The number of carbonyl (C=O) groups excluding carboxylic acids is 1. The summed E-state index contributed by atoms with van der Waals surface area (Å²) >= 11 is 0. The van der Waals surface area contributed by atoms with Crippen molar-refractivity contribution in [3.63, 3.8) is 0 Å². The topological polar surface area (TPSA) is 68.6 Å². The molecule has 0 heterocycles. The number of esters is 1. The Balaban J connectivity index is 2.01. The van der Waals surface area contributed by atoms with Crippen molar-refractivity contribution in [1.82, 2.24) is 0 Å². The summed E-state index contributed by atoms with van der Waals surface area (Å²) in [6, 6.07) is 15.2. The van der Waals surface area contributed by atoms with Gasteiger partial charge in [0, 0.05) is 5.56 Å². The van der Waals surface area contributed by atoms with E-state index < -0.39 is 5.97 Å². The Morgan fingerprint density at radius 1 is 1.11 bits per heavy atom. The second-order valence-electron chi connectivity index (χ2n) is 6.13. The quantitative estimate of drug-likeness (QED) is 0.278. The fourth-order valence-corrected chi connectivity index (χ4v) is 2.66. The highest BCUT2D eigenvalue weighted by Crippen LogP contribution is 2.22. The molecule has 0 aromatic heterocycles. The molecule has 0 aliphatic carbocycles. The van der Waals surface area contributed by atoms with E-state index in [1.807, 2.05) is 37.3 Å². The fourth-order valence-electron chi connectivity index (χ4n) is 2.66. The highest BCUT2D eigenvalue weighted by atomic mass is 16.5. The maximum absolute atomic E-state index is 11.8. The molecule has 0 aliphatic heterocycles. The van der Waals surface area contributed by atoms with E-state index in [9.17, 15) is 10.1 Å². The smallest absolute Gasteiger partial charge is 0.348 e. The van der Waals surface area contributed by atoms with Crippen LogP contribution < -0.4 is 9.47 Å². The van der Waals surface area contributed by atoms with Crippen LogP contribution in [0.25, 0.3) is 6.08 Å². The second-order valence-corrected chi connectivity index (χ2v) is 6.13. The second kappa shape index (κ2) is 10.8. The third-order valence-electron chi connectivity index (χ3n) is 3.96. The van der Waals surface area contributed by atoms with E-state index in [0.29, 0.717) is 24.5 Å². The molecule has 28 heavy (non-hydrogen) atoms. The summed E-state index contributed by atoms with van der Waals surface area (Å²) in [4.78, 5) is 11.8. The molecule has 0 radical (unpaired) electrons. The molecule has 0 saturated carbocycles. The summed E-state index contributed by atoms with van der Waals surface area (Å²) in [6.07, 6.45) is 2.43. The van der Waals surface area contributed by atoms with Gasteiger partial charge in [-0.25, -0.2) is 4.79 Å². The molecule has 0 amide bonds. The molecule has 0 aliphatic rings. The van der Waals surface area contributed by atoms with Crippen LogP contribution in [-0.4, -0.2) is 25.8 Å². The number of hydrogen-bond donors (Lipinski definition) is 0.